The van der Waals surface area contributed by atoms with Gasteiger partial charge in [0.1, 0.15) is 22.8 Å². The molecule has 0 saturated heterocycles. The van der Waals surface area contributed by atoms with Crippen LogP contribution in [0.2, 0.25) is 0 Å². The largest absolute Gasteiger partial charge is 0.511 e. The molecule has 0 aliphatic heterocycles. The molecule has 0 saturated carbocycles. The maximum atomic E-state index is 13.7. The summed E-state index contributed by atoms with van der Waals surface area (Å²) in [5.74, 6) is -6.26. The molecule has 0 bridgehead atoms. The summed E-state index contributed by atoms with van der Waals surface area (Å²) >= 11 is 0. The molecule has 0 spiro atoms. The second-order valence-corrected chi connectivity index (χ2v) is 9.68. The van der Waals surface area contributed by atoms with Crippen LogP contribution in [0.5, 0.6) is 5.75 Å². The van der Waals surface area contributed by atoms with E-state index in [-0.39, 0.29) is 36.1 Å². The number of carbonyl (C=O) groups is 3. The molecule has 9 heteroatoms. The van der Waals surface area contributed by atoms with Crippen molar-refractivity contribution in [3.05, 3.63) is 51.5 Å². The fourth-order valence-electron chi connectivity index (χ4n) is 5.59. The van der Waals surface area contributed by atoms with Gasteiger partial charge in [0.2, 0.25) is 5.78 Å². The van der Waals surface area contributed by atoms with E-state index in [1.54, 1.807) is 12.1 Å². The van der Waals surface area contributed by atoms with Crippen molar-refractivity contribution >= 4 is 29.2 Å². The van der Waals surface area contributed by atoms with Crippen molar-refractivity contribution in [2.45, 2.75) is 44.6 Å². The lowest BCUT2D eigenvalue weighted by Gasteiger charge is -2.45. The second kappa shape index (κ2) is 8.57. The number of primary amides is 1. The number of fused-ring (bicyclic) bond motifs is 3. The molecule has 4 rings (SSSR count). The van der Waals surface area contributed by atoms with E-state index in [2.05, 4.69) is 0 Å². The predicted octanol–water partition coefficient (Wildman–Crippen LogP) is 2.46. The number of aliphatic hydroxyl groups is 3. The lowest BCUT2D eigenvalue weighted by Crippen LogP contribution is -2.57. The molecule has 186 valence electrons. The number of carbonyl (C=O) groups excluding carboxylic acids is 3. The molecule has 1 aromatic rings. The minimum Gasteiger partial charge on any atom is -0.511 e. The number of amides is 1. The Balaban J connectivity index is 1.91. The highest BCUT2D eigenvalue weighted by atomic mass is 16.3. The Morgan fingerprint density at radius 1 is 1.23 bits per heavy atom. The first-order chi connectivity index (χ1) is 16.4. The number of phenolic OH excluding ortho intramolecular Hbond substituents is 1. The van der Waals surface area contributed by atoms with E-state index in [0.29, 0.717) is 11.1 Å². The van der Waals surface area contributed by atoms with E-state index < -0.39 is 52.0 Å². The summed E-state index contributed by atoms with van der Waals surface area (Å²) in [6, 6.07) is 1.80. The zero-order valence-electron chi connectivity index (χ0n) is 20.0. The Morgan fingerprint density at radius 2 is 1.91 bits per heavy atom. The molecule has 1 amide bonds. The number of nitrogens with zero attached hydrogens (tertiary/aromatic N) is 1. The average Bonchev–Trinajstić information content (AvgIpc) is 2.77. The number of phenols is 1. The highest BCUT2D eigenvalue weighted by molar-refractivity contribution is 6.24. The highest BCUT2D eigenvalue weighted by Gasteiger charge is 2.59. The number of hydrogen-bond donors (Lipinski definition) is 5. The van der Waals surface area contributed by atoms with Crippen molar-refractivity contribution in [1.82, 2.24) is 0 Å². The van der Waals surface area contributed by atoms with Gasteiger partial charge in [-0.25, -0.2) is 0 Å². The van der Waals surface area contributed by atoms with Crippen molar-refractivity contribution in [2.75, 3.05) is 19.0 Å². The Hall–Kier alpha value is -3.59. The molecule has 0 fully saturated rings. The predicted molar refractivity (Wildman–Crippen MR) is 129 cm³/mol. The van der Waals surface area contributed by atoms with Gasteiger partial charge in [0.15, 0.2) is 11.4 Å². The molecule has 3 aliphatic rings. The number of unbranched alkanes of at least 4 members (excludes halogenated alkanes) is 1. The van der Waals surface area contributed by atoms with Crippen LogP contribution < -0.4 is 10.6 Å². The number of benzene rings is 1. The zero-order chi connectivity index (χ0) is 25.8. The van der Waals surface area contributed by atoms with Gasteiger partial charge in [0.25, 0.3) is 5.91 Å². The first kappa shape index (κ1) is 24.5. The number of aliphatic hydroxyl groups excluding tert-OH is 2. The van der Waals surface area contributed by atoms with Crippen molar-refractivity contribution < 1.29 is 34.8 Å². The number of hydrogen-bond acceptors (Lipinski definition) is 8. The quantitative estimate of drug-likeness (QED) is 0.400. The van der Waals surface area contributed by atoms with Gasteiger partial charge >= 0.3 is 0 Å². The fourth-order valence-corrected chi connectivity index (χ4v) is 5.59. The number of ketones is 2. The number of aromatic hydroxyl groups is 1. The van der Waals surface area contributed by atoms with Crippen LogP contribution in [0.3, 0.4) is 0 Å². The third-order valence-electron chi connectivity index (χ3n) is 7.30. The first-order valence-corrected chi connectivity index (χ1v) is 11.6. The minimum absolute atomic E-state index is 0.0176. The van der Waals surface area contributed by atoms with Crippen LogP contribution in [0.15, 0.2) is 34.8 Å². The van der Waals surface area contributed by atoms with Gasteiger partial charge in [0.05, 0.1) is 5.56 Å². The molecule has 35 heavy (non-hydrogen) atoms. The molecule has 0 radical (unpaired) electrons. The second-order valence-electron chi connectivity index (χ2n) is 9.68. The molecular formula is C26H30N2O7. The zero-order valence-corrected chi connectivity index (χ0v) is 20.0. The molecule has 3 atom stereocenters. The van der Waals surface area contributed by atoms with Crippen LogP contribution >= 0.6 is 0 Å². The molecule has 0 aromatic heterocycles. The third-order valence-corrected chi connectivity index (χ3v) is 7.30. The smallest absolute Gasteiger partial charge is 0.255 e. The fraction of sp³-hybridized carbons (Fsp3) is 0.423. The van der Waals surface area contributed by atoms with Gasteiger partial charge in [-0.15, -0.1) is 0 Å². The van der Waals surface area contributed by atoms with E-state index in [1.165, 1.54) is 0 Å². The average molecular weight is 483 g/mol. The summed E-state index contributed by atoms with van der Waals surface area (Å²) in [6.07, 6.45) is 5.46. The Morgan fingerprint density at radius 3 is 2.51 bits per heavy atom. The third kappa shape index (κ3) is 3.53. The molecule has 3 aliphatic carbocycles. The van der Waals surface area contributed by atoms with E-state index in [0.717, 1.165) is 18.5 Å². The van der Waals surface area contributed by atoms with Crippen LogP contribution in [0, 0.1) is 11.8 Å². The van der Waals surface area contributed by atoms with Gasteiger partial charge in [0, 0.05) is 43.3 Å². The summed E-state index contributed by atoms with van der Waals surface area (Å²) < 4.78 is 0. The number of allylic oxidation sites excluding steroid dienone is 3. The van der Waals surface area contributed by atoms with Crippen LogP contribution in [0.25, 0.3) is 6.08 Å². The summed E-state index contributed by atoms with van der Waals surface area (Å²) in [5.41, 5.74) is 3.53. The van der Waals surface area contributed by atoms with Crippen LogP contribution in [0.4, 0.5) is 5.69 Å². The van der Waals surface area contributed by atoms with Crippen LogP contribution in [0.1, 0.15) is 54.1 Å². The maximum Gasteiger partial charge on any atom is 0.255 e. The Labute approximate surface area is 202 Å². The van der Waals surface area contributed by atoms with Gasteiger partial charge in [-0.2, -0.15) is 0 Å². The van der Waals surface area contributed by atoms with E-state index in [4.69, 9.17) is 5.73 Å². The topological polar surface area (TPSA) is 161 Å². The van der Waals surface area contributed by atoms with E-state index in [9.17, 15) is 34.8 Å². The summed E-state index contributed by atoms with van der Waals surface area (Å²) in [6.45, 7) is 2.02. The molecule has 0 heterocycles. The van der Waals surface area contributed by atoms with Gasteiger partial charge in [-0.05, 0) is 36.8 Å². The molecule has 9 nitrogen and oxygen atoms in total. The number of Topliss-reactive ketones (excluding diaryl/α,β-unsaturated/α-hetero) is 2. The molecule has 0 unspecified atom stereocenters. The summed E-state index contributed by atoms with van der Waals surface area (Å²) in [5, 5.41) is 43.8. The van der Waals surface area contributed by atoms with Crippen molar-refractivity contribution in [3.8, 4) is 5.75 Å². The van der Waals surface area contributed by atoms with Crippen molar-refractivity contribution in [3.63, 3.8) is 0 Å². The molecule has 6 N–H and O–H groups in total. The Kier molecular flexibility index (Phi) is 6.00. The highest BCUT2D eigenvalue weighted by Crippen LogP contribution is 2.52. The van der Waals surface area contributed by atoms with Gasteiger partial charge in [-0.3, -0.25) is 14.4 Å². The molecular weight excluding hydrogens is 452 g/mol. The minimum atomic E-state index is -2.56. The lowest BCUT2D eigenvalue weighted by atomic mass is 9.60. The SMILES string of the molecule is CCC/C=C/c1cc(N(C)C)c2c(c1O)C(=O)C1=C(O)[C@]3(O)C(=O)C(C(N)=O)=C(O)C[C@@H]3C[C@@H]1C2. The number of rotatable bonds is 5. The Bertz CT molecular complexity index is 1240. The standard InChI is InChI=1S/C26H30N2O7/c1-4-5-6-7-12-10-16(28(2)3)15-9-13-8-14-11-17(29)20(25(27)34)24(33)26(14,35)23(32)18(13)22(31)19(15)21(12)30/h6-7,10,13-14,29-30,32,35H,4-5,8-9,11H2,1-3H3,(H2,27,34)/b7-6+/t13-,14+,26+/m1/s1. The van der Waals surface area contributed by atoms with Crippen molar-refractivity contribution in [1.29, 1.82) is 0 Å². The molecule has 1 aromatic carbocycles. The van der Waals surface area contributed by atoms with Crippen molar-refractivity contribution in [2.24, 2.45) is 17.6 Å². The normalized spacial score (nSPS) is 26.1. The first-order valence-electron chi connectivity index (χ1n) is 11.6. The lowest BCUT2D eigenvalue weighted by molar-refractivity contribution is -0.144. The summed E-state index contributed by atoms with van der Waals surface area (Å²) in [4.78, 5) is 40.4. The van der Waals surface area contributed by atoms with E-state index in [1.807, 2.05) is 32.0 Å². The van der Waals surface area contributed by atoms with Gasteiger partial charge < -0.3 is 31.1 Å². The van der Waals surface area contributed by atoms with Gasteiger partial charge in [-0.1, -0.05) is 25.5 Å². The number of anilines is 1. The maximum absolute atomic E-state index is 13.7. The number of nitrogens with two attached hydrogens (primary N) is 1. The van der Waals surface area contributed by atoms with Crippen LogP contribution in [-0.4, -0.2) is 57.6 Å². The monoisotopic (exact) mass is 482 g/mol. The summed E-state index contributed by atoms with van der Waals surface area (Å²) in [7, 11) is 3.65. The van der Waals surface area contributed by atoms with E-state index >= 15 is 0 Å². The van der Waals surface area contributed by atoms with Crippen LogP contribution in [-0.2, 0) is 16.0 Å².